The first-order valence-electron chi connectivity index (χ1n) is 5.20. The molecule has 0 radical (unpaired) electrons. The van der Waals surface area contributed by atoms with Crippen LogP contribution >= 0.6 is 0 Å². The SMILES string of the molecule is CC(C)C(C)(Nc1cccc(F)c1)C(N)=O. The number of halogens is 1. The Hall–Kier alpha value is -1.58. The molecule has 0 aliphatic heterocycles. The van der Waals surface area contributed by atoms with Gasteiger partial charge in [-0.15, -0.1) is 0 Å². The van der Waals surface area contributed by atoms with E-state index in [1.165, 1.54) is 12.1 Å². The average Bonchev–Trinajstić information content (AvgIpc) is 2.16. The predicted molar refractivity (Wildman–Crippen MR) is 62.5 cm³/mol. The number of amides is 1. The number of hydrogen-bond acceptors (Lipinski definition) is 2. The first-order chi connectivity index (χ1) is 7.36. The van der Waals surface area contributed by atoms with Gasteiger partial charge in [0.1, 0.15) is 11.4 Å². The van der Waals surface area contributed by atoms with Gasteiger partial charge in [-0.1, -0.05) is 19.9 Å². The molecule has 0 heterocycles. The van der Waals surface area contributed by atoms with Crippen LogP contribution in [0.25, 0.3) is 0 Å². The molecule has 1 aromatic rings. The molecule has 0 aliphatic carbocycles. The molecule has 16 heavy (non-hydrogen) atoms. The summed E-state index contributed by atoms with van der Waals surface area (Å²) in [5, 5.41) is 2.98. The van der Waals surface area contributed by atoms with E-state index in [1.54, 1.807) is 19.1 Å². The molecule has 3 nitrogen and oxygen atoms in total. The molecule has 88 valence electrons. The largest absolute Gasteiger partial charge is 0.371 e. The lowest BCUT2D eigenvalue weighted by atomic mass is 9.87. The standard InChI is InChI=1S/C12H17FN2O/c1-8(2)12(3,11(14)16)15-10-6-4-5-9(13)7-10/h4-8,15H,1-3H3,(H2,14,16). The molecule has 0 bridgehead atoms. The quantitative estimate of drug-likeness (QED) is 0.823. The molecule has 1 atom stereocenters. The smallest absolute Gasteiger partial charge is 0.243 e. The molecule has 0 fully saturated rings. The van der Waals surface area contributed by atoms with Gasteiger partial charge in [-0.2, -0.15) is 0 Å². The van der Waals surface area contributed by atoms with E-state index in [4.69, 9.17) is 5.73 Å². The zero-order valence-electron chi connectivity index (χ0n) is 9.75. The molecule has 0 saturated heterocycles. The van der Waals surface area contributed by atoms with Crippen molar-refractivity contribution >= 4 is 11.6 Å². The lowest BCUT2D eigenvalue weighted by Crippen LogP contribution is -2.51. The van der Waals surface area contributed by atoms with Gasteiger partial charge in [0.05, 0.1) is 0 Å². The molecule has 4 heteroatoms. The lowest BCUT2D eigenvalue weighted by molar-refractivity contribution is -0.123. The molecule has 1 amide bonds. The van der Waals surface area contributed by atoms with Crippen molar-refractivity contribution in [3.05, 3.63) is 30.1 Å². The molecule has 1 aromatic carbocycles. The number of nitrogens with one attached hydrogen (secondary N) is 1. The fourth-order valence-corrected chi connectivity index (χ4v) is 1.36. The highest BCUT2D eigenvalue weighted by Crippen LogP contribution is 2.23. The molecule has 0 aliphatic rings. The number of carbonyl (C=O) groups is 1. The zero-order valence-corrected chi connectivity index (χ0v) is 9.75. The Bertz CT molecular complexity index is 392. The second kappa shape index (κ2) is 4.51. The maximum atomic E-state index is 13.0. The molecule has 0 aromatic heterocycles. The van der Waals surface area contributed by atoms with E-state index in [9.17, 15) is 9.18 Å². The van der Waals surface area contributed by atoms with Crippen molar-refractivity contribution in [2.24, 2.45) is 11.7 Å². The first kappa shape index (κ1) is 12.5. The number of anilines is 1. The number of carbonyl (C=O) groups excluding carboxylic acids is 1. The van der Waals surface area contributed by atoms with Crippen LogP contribution in [0.5, 0.6) is 0 Å². The summed E-state index contributed by atoms with van der Waals surface area (Å²) in [6.45, 7) is 5.49. The van der Waals surface area contributed by atoms with E-state index < -0.39 is 11.4 Å². The summed E-state index contributed by atoms with van der Waals surface area (Å²) in [6.07, 6.45) is 0. The Morgan fingerprint density at radius 3 is 2.56 bits per heavy atom. The van der Waals surface area contributed by atoms with Gasteiger partial charge >= 0.3 is 0 Å². The lowest BCUT2D eigenvalue weighted by Gasteiger charge is -2.32. The van der Waals surface area contributed by atoms with Crippen molar-refractivity contribution in [2.45, 2.75) is 26.3 Å². The number of primary amides is 1. The van der Waals surface area contributed by atoms with Gasteiger partial charge in [0, 0.05) is 5.69 Å². The normalized spacial score (nSPS) is 14.6. The van der Waals surface area contributed by atoms with E-state index >= 15 is 0 Å². The maximum Gasteiger partial charge on any atom is 0.243 e. The van der Waals surface area contributed by atoms with Crippen LogP contribution in [0.2, 0.25) is 0 Å². The minimum atomic E-state index is -0.881. The minimum Gasteiger partial charge on any atom is -0.371 e. The maximum absolute atomic E-state index is 13.0. The second-order valence-electron chi connectivity index (χ2n) is 4.36. The van der Waals surface area contributed by atoms with E-state index in [2.05, 4.69) is 5.32 Å². The van der Waals surface area contributed by atoms with E-state index in [0.717, 1.165) is 0 Å². The van der Waals surface area contributed by atoms with Crippen molar-refractivity contribution in [3.8, 4) is 0 Å². The number of hydrogen-bond donors (Lipinski definition) is 2. The van der Waals surface area contributed by atoms with Crippen molar-refractivity contribution in [3.63, 3.8) is 0 Å². The minimum absolute atomic E-state index is 0.00765. The van der Waals surface area contributed by atoms with Crippen molar-refractivity contribution in [2.75, 3.05) is 5.32 Å². The Balaban J connectivity index is 2.97. The zero-order chi connectivity index (χ0) is 12.3. The van der Waals surface area contributed by atoms with Crippen LogP contribution < -0.4 is 11.1 Å². The molecule has 1 rings (SSSR count). The van der Waals surface area contributed by atoms with Gasteiger partial charge in [0.15, 0.2) is 0 Å². The predicted octanol–water partition coefficient (Wildman–Crippen LogP) is 2.14. The van der Waals surface area contributed by atoms with Crippen LogP contribution in [0.15, 0.2) is 24.3 Å². The number of nitrogens with two attached hydrogens (primary N) is 1. The summed E-state index contributed by atoms with van der Waals surface area (Å²) in [4.78, 5) is 11.4. The van der Waals surface area contributed by atoms with Gasteiger partial charge in [-0.25, -0.2) is 4.39 Å². The first-order valence-corrected chi connectivity index (χ1v) is 5.20. The molecular formula is C12H17FN2O. The Morgan fingerprint density at radius 2 is 2.12 bits per heavy atom. The fourth-order valence-electron chi connectivity index (χ4n) is 1.36. The summed E-state index contributed by atoms with van der Waals surface area (Å²) < 4.78 is 13.0. The summed E-state index contributed by atoms with van der Waals surface area (Å²) in [7, 11) is 0. The second-order valence-corrected chi connectivity index (χ2v) is 4.36. The molecule has 1 unspecified atom stereocenters. The Labute approximate surface area is 94.8 Å². The van der Waals surface area contributed by atoms with Crippen LogP contribution in [0.3, 0.4) is 0 Å². The summed E-state index contributed by atoms with van der Waals surface area (Å²) in [5.74, 6) is -0.791. The topological polar surface area (TPSA) is 55.1 Å². The summed E-state index contributed by atoms with van der Waals surface area (Å²) in [6, 6.07) is 5.97. The van der Waals surface area contributed by atoms with Gasteiger partial charge in [-0.3, -0.25) is 4.79 Å². The van der Waals surface area contributed by atoms with E-state index in [0.29, 0.717) is 5.69 Å². The molecule has 0 spiro atoms. The van der Waals surface area contributed by atoms with Crippen LogP contribution in [0.1, 0.15) is 20.8 Å². The number of rotatable bonds is 4. The van der Waals surface area contributed by atoms with Crippen molar-refractivity contribution < 1.29 is 9.18 Å². The molecular weight excluding hydrogens is 207 g/mol. The summed E-state index contributed by atoms with van der Waals surface area (Å²) in [5.41, 5.74) is 5.03. The third-order valence-electron chi connectivity index (χ3n) is 2.90. The van der Waals surface area contributed by atoms with Gasteiger partial charge in [0.25, 0.3) is 0 Å². The molecule has 3 N–H and O–H groups in total. The van der Waals surface area contributed by atoms with Crippen molar-refractivity contribution in [1.29, 1.82) is 0 Å². The Kier molecular flexibility index (Phi) is 3.52. The molecule has 0 saturated carbocycles. The van der Waals surface area contributed by atoms with Gasteiger partial charge < -0.3 is 11.1 Å². The number of benzene rings is 1. The highest BCUT2D eigenvalue weighted by molar-refractivity contribution is 5.87. The monoisotopic (exact) mass is 224 g/mol. The van der Waals surface area contributed by atoms with Crippen LogP contribution in [0, 0.1) is 11.7 Å². The highest BCUT2D eigenvalue weighted by atomic mass is 19.1. The van der Waals surface area contributed by atoms with Crippen LogP contribution in [-0.4, -0.2) is 11.4 Å². The van der Waals surface area contributed by atoms with Gasteiger partial charge in [-0.05, 0) is 31.0 Å². The third kappa shape index (κ3) is 2.51. The summed E-state index contributed by atoms with van der Waals surface area (Å²) >= 11 is 0. The van der Waals surface area contributed by atoms with E-state index in [1.807, 2.05) is 13.8 Å². The highest BCUT2D eigenvalue weighted by Gasteiger charge is 2.34. The fraction of sp³-hybridized carbons (Fsp3) is 0.417. The van der Waals surface area contributed by atoms with E-state index in [-0.39, 0.29) is 11.7 Å². The van der Waals surface area contributed by atoms with Crippen LogP contribution in [0.4, 0.5) is 10.1 Å². The third-order valence-corrected chi connectivity index (χ3v) is 2.90. The Morgan fingerprint density at radius 1 is 1.50 bits per heavy atom. The van der Waals surface area contributed by atoms with Crippen LogP contribution in [-0.2, 0) is 4.79 Å². The average molecular weight is 224 g/mol. The van der Waals surface area contributed by atoms with Crippen molar-refractivity contribution in [1.82, 2.24) is 0 Å². The van der Waals surface area contributed by atoms with Gasteiger partial charge in [0.2, 0.25) is 5.91 Å².